The Labute approximate surface area is 80.9 Å². The SMILES string of the molecule is C=CC(=C\C(C=C)/C=C\C)/N=C\C. The Balaban J connectivity index is 4.62. The highest BCUT2D eigenvalue weighted by Gasteiger charge is 1.94. The summed E-state index contributed by atoms with van der Waals surface area (Å²) in [6, 6.07) is 0. The van der Waals surface area contributed by atoms with Crippen LogP contribution in [0.3, 0.4) is 0 Å². The maximum Gasteiger partial charge on any atom is 0.0588 e. The van der Waals surface area contributed by atoms with Crippen LogP contribution in [0.15, 0.2) is 54.2 Å². The molecule has 0 aromatic heterocycles. The van der Waals surface area contributed by atoms with Crippen LogP contribution in [0.1, 0.15) is 13.8 Å². The van der Waals surface area contributed by atoms with Crippen LogP contribution < -0.4 is 0 Å². The van der Waals surface area contributed by atoms with E-state index in [1.807, 2.05) is 32.1 Å². The quantitative estimate of drug-likeness (QED) is 0.344. The molecule has 0 spiro atoms. The van der Waals surface area contributed by atoms with Gasteiger partial charge in [0.1, 0.15) is 0 Å². The summed E-state index contributed by atoms with van der Waals surface area (Å²) in [4.78, 5) is 4.15. The van der Waals surface area contributed by atoms with E-state index in [1.165, 1.54) is 0 Å². The maximum absolute atomic E-state index is 4.15. The molecular weight excluding hydrogens is 158 g/mol. The largest absolute Gasteiger partial charge is 0.262 e. The van der Waals surface area contributed by atoms with Gasteiger partial charge >= 0.3 is 0 Å². The third-order valence-electron chi connectivity index (χ3n) is 1.54. The van der Waals surface area contributed by atoms with Crippen LogP contribution in [-0.2, 0) is 0 Å². The molecule has 0 amide bonds. The Bertz CT molecular complexity index is 244. The van der Waals surface area contributed by atoms with Crippen molar-refractivity contribution in [1.29, 1.82) is 0 Å². The van der Waals surface area contributed by atoms with Gasteiger partial charge in [-0.3, -0.25) is 4.99 Å². The molecule has 0 aliphatic carbocycles. The average molecular weight is 175 g/mol. The first-order valence-corrected chi connectivity index (χ1v) is 4.36. The minimum absolute atomic E-state index is 0.238. The second-order valence-corrected chi connectivity index (χ2v) is 2.52. The molecule has 1 unspecified atom stereocenters. The second-order valence-electron chi connectivity index (χ2n) is 2.52. The predicted octanol–water partition coefficient (Wildman–Crippen LogP) is 3.53. The van der Waals surface area contributed by atoms with Crippen molar-refractivity contribution in [3.05, 3.63) is 49.2 Å². The number of aliphatic imine (C=N–C) groups is 1. The number of hydrogen-bond donors (Lipinski definition) is 0. The summed E-state index contributed by atoms with van der Waals surface area (Å²) in [5, 5.41) is 0. The zero-order chi connectivity index (χ0) is 10.1. The zero-order valence-electron chi connectivity index (χ0n) is 8.40. The van der Waals surface area contributed by atoms with Gasteiger partial charge in [-0.2, -0.15) is 0 Å². The summed E-state index contributed by atoms with van der Waals surface area (Å²) < 4.78 is 0. The molecule has 0 N–H and O–H groups in total. The Morgan fingerprint density at radius 2 is 2.00 bits per heavy atom. The molecule has 0 aromatic carbocycles. The van der Waals surface area contributed by atoms with Crippen LogP contribution in [0.2, 0.25) is 0 Å². The standard InChI is InChI=1S/C12H17N/c1-5-9-11(6-2)10-12(7-3)13-8-4/h5-11H,2-3H2,1,4H3/b9-5-,12-10+,13-8-. The monoisotopic (exact) mass is 175 g/mol. The number of hydrogen-bond acceptors (Lipinski definition) is 1. The molecule has 0 aliphatic heterocycles. The molecule has 0 saturated carbocycles. The zero-order valence-corrected chi connectivity index (χ0v) is 8.40. The fraction of sp³-hybridized carbons (Fsp3) is 0.250. The van der Waals surface area contributed by atoms with Gasteiger partial charge in [-0.15, -0.1) is 6.58 Å². The fourth-order valence-corrected chi connectivity index (χ4v) is 0.934. The van der Waals surface area contributed by atoms with Crippen LogP contribution in [0.4, 0.5) is 0 Å². The van der Waals surface area contributed by atoms with Gasteiger partial charge in [-0.05, 0) is 26.0 Å². The summed E-state index contributed by atoms with van der Waals surface area (Å²) >= 11 is 0. The van der Waals surface area contributed by atoms with E-state index in [0.29, 0.717) is 0 Å². The van der Waals surface area contributed by atoms with Crippen LogP contribution in [-0.4, -0.2) is 6.21 Å². The third-order valence-corrected chi connectivity index (χ3v) is 1.54. The fourth-order valence-electron chi connectivity index (χ4n) is 0.934. The van der Waals surface area contributed by atoms with Gasteiger partial charge in [0.05, 0.1) is 5.70 Å². The average Bonchev–Trinajstić information content (AvgIpc) is 2.16. The molecule has 0 aromatic rings. The Kier molecular flexibility index (Phi) is 6.52. The van der Waals surface area contributed by atoms with Gasteiger partial charge in [0.2, 0.25) is 0 Å². The first-order valence-electron chi connectivity index (χ1n) is 4.36. The lowest BCUT2D eigenvalue weighted by molar-refractivity contribution is 1.05. The minimum Gasteiger partial charge on any atom is -0.262 e. The molecule has 70 valence electrons. The lowest BCUT2D eigenvalue weighted by atomic mass is 10.1. The molecule has 0 heterocycles. The molecule has 1 heteroatoms. The minimum atomic E-state index is 0.238. The van der Waals surface area contributed by atoms with E-state index >= 15 is 0 Å². The van der Waals surface area contributed by atoms with Crippen molar-refractivity contribution in [2.45, 2.75) is 13.8 Å². The van der Waals surface area contributed by atoms with E-state index in [4.69, 9.17) is 0 Å². The second kappa shape index (κ2) is 7.29. The summed E-state index contributed by atoms with van der Waals surface area (Å²) in [7, 11) is 0. The van der Waals surface area contributed by atoms with Crippen molar-refractivity contribution in [3.63, 3.8) is 0 Å². The molecule has 0 rings (SSSR count). The Morgan fingerprint density at radius 3 is 2.38 bits per heavy atom. The smallest absolute Gasteiger partial charge is 0.0588 e. The van der Waals surface area contributed by atoms with Gasteiger partial charge in [-0.25, -0.2) is 0 Å². The predicted molar refractivity (Wildman–Crippen MR) is 60.9 cm³/mol. The number of allylic oxidation sites excluding steroid dienone is 5. The van der Waals surface area contributed by atoms with E-state index in [-0.39, 0.29) is 5.92 Å². The number of rotatable bonds is 5. The number of nitrogens with zero attached hydrogens (tertiary/aromatic N) is 1. The van der Waals surface area contributed by atoms with E-state index in [1.54, 1.807) is 12.3 Å². The van der Waals surface area contributed by atoms with Gasteiger partial charge in [-0.1, -0.05) is 24.8 Å². The van der Waals surface area contributed by atoms with Crippen molar-refractivity contribution < 1.29 is 0 Å². The van der Waals surface area contributed by atoms with Crippen LogP contribution in [0.5, 0.6) is 0 Å². The lowest BCUT2D eigenvalue weighted by Crippen LogP contribution is -1.86. The molecule has 1 atom stereocenters. The van der Waals surface area contributed by atoms with Crippen molar-refractivity contribution in [2.75, 3.05) is 0 Å². The molecule has 1 nitrogen and oxygen atoms in total. The van der Waals surface area contributed by atoms with Gasteiger partial charge in [0.15, 0.2) is 0 Å². The molecule has 0 aliphatic rings. The first kappa shape index (κ1) is 11.6. The van der Waals surface area contributed by atoms with Gasteiger partial charge in [0, 0.05) is 12.1 Å². The summed E-state index contributed by atoms with van der Waals surface area (Å²) in [6.45, 7) is 11.3. The third kappa shape index (κ3) is 4.96. The van der Waals surface area contributed by atoms with E-state index < -0.39 is 0 Å². The summed E-state index contributed by atoms with van der Waals surface area (Å²) in [5.41, 5.74) is 0.880. The highest BCUT2D eigenvalue weighted by Crippen LogP contribution is 2.08. The first-order chi connectivity index (χ1) is 6.28. The molecular formula is C12H17N. The topological polar surface area (TPSA) is 12.4 Å². The highest BCUT2D eigenvalue weighted by molar-refractivity contribution is 5.56. The van der Waals surface area contributed by atoms with E-state index in [2.05, 4.69) is 24.2 Å². The van der Waals surface area contributed by atoms with Crippen molar-refractivity contribution in [3.8, 4) is 0 Å². The maximum atomic E-state index is 4.15. The normalized spacial score (nSPS) is 15.1. The summed E-state index contributed by atoms with van der Waals surface area (Å²) in [5.74, 6) is 0.238. The highest BCUT2D eigenvalue weighted by atomic mass is 14.7. The van der Waals surface area contributed by atoms with Crippen molar-refractivity contribution in [1.82, 2.24) is 0 Å². The van der Waals surface area contributed by atoms with Crippen LogP contribution >= 0.6 is 0 Å². The lowest BCUT2D eigenvalue weighted by Gasteiger charge is -2.00. The Hall–Kier alpha value is -1.37. The van der Waals surface area contributed by atoms with Gasteiger partial charge in [0.25, 0.3) is 0 Å². The van der Waals surface area contributed by atoms with Crippen LogP contribution in [0, 0.1) is 5.92 Å². The van der Waals surface area contributed by atoms with Gasteiger partial charge < -0.3 is 0 Å². The van der Waals surface area contributed by atoms with E-state index in [9.17, 15) is 0 Å². The summed E-state index contributed by atoms with van der Waals surface area (Å²) in [6.07, 6.45) is 11.4. The molecule has 0 bridgehead atoms. The van der Waals surface area contributed by atoms with Crippen molar-refractivity contribution in [2.24, 2.45) is 10.9 Å². The van der Waals surface area contributed by atoms with Crippen LogP contribution in [0.25, 0.3) is 0 Å². The molecule has 0 radical (unpaired) electrons. The molecule has 0 saturated heterocycles. The van der Waals surface area contributed by atoms with E-state index in [0.717, 1.165) is 5.70 Å². The van der Waals surface area contributed by atoms with Crippen molar-refractivity contribution >= 4 is 6.21 Å². The molecule has 0 fully saturated rings. The Morgan fingerprint density at radius 1 is 1.31 bits per heavy atom. The molecule has 13 heavy (non-hydrogen) atoms.